The normalized spacial score (nSPS) is 12.0. The van der Waals surface area contributed by atoms with Crippen molar-refractivity contribution in [2.75, 3.05) is 5.73 Å². The fourth-order valence-electron chi connectivity index (χ4n) is 2.96. The molecule has 28 heavy (non-hydrogen) atoms. The largest absolute Gasteiger partial charge is 0.419 e. The van der Waals surface area contributed by atoms with Gasteiger partial charge in [-0.05, 0) is 36.4 Å². The Morgan fingerprint density at radius 3 is 2.64 bits per heavy atom. The number of hydrogen-bond donors (Lipinski definition) is 1. The number of nitrogen functional groups attached to an aromatic ring is 1. The fourth-order valence-corrected chi connectivity index (χ4v) is 3.08. The van der Waals surface area contributed by atoms with Crippen molar-refractivity contribution < 1.29 is 22.1 Å². The van der Waals surface area contributed by atoms with Crippen LogP contribution in [0.15, 0.2) is 47.1 Å². The highest BCUT2D eigenvalue weighted by atomic mass is 35.5. The van der Waals surface area contributed by atoms with E-state index >= 15 is 0 Å². The average molecular weight is 411 g/mol. The van der Waals surface area contributed by atoms with Crippen LogP contribution in [0.5, 0.6) is 0 Å². The lowest BCUT2D eigenvalue weighted by molar-refractivity contribution is -0.135. The maximum Gasteiger partial charge on any atom is 0.419 e. The number of nitrogens with two attached hydrogens (primary N) is 1. The van der Waals surface area contributed by atoms with Gasteiger partial charge in [-0.15, -0.1) is 0 Å². The van der Waals surface area contributed by atoms with Crippen LogP contribution in [0.3, 0.4) is 0 Å². The Morgan fingerprint density at radius 1 is 1.14 bits per heavy atom. The van der Waals surface area contributed by atoms with Gasteiger partial charge < -0.3 is 14.8 Å². The van der Waals surface area contributed by atoms with Crippen LogP contribution in [0.1, 0.15) is 11.4 Å². The number of rotatable bonds is 3. The molecule has 0 aliphatic carbocycles. The van der Waals surface area contributed by atoms with Crippen LogP contribution in [-0.2, 0) is 12.7 Å². The van der Waals surface area contributed by atoms with Crippen LogP contribution in [0.4, 0.5) is 23.2 Å². The van der Waals surface area contributed by atoms with Crippen LogP contribution < -0.4 is 5.73 Å². The molecule has 2 N–H and O–H groups in total. The van der Waals surface area contributed by atoms with Gasteiger partial charge in [-0.25, -0.2) is 4.39 Å². The van der Waals surface area contributed by atoms with E-state index in [1.165, 1.54) is 36.5 Å². The number of halogens is 5. The van der Waals surface area contributed by atoms with Crippen molar-refractivity contribution in [3.63, 3.8) is 0 Å². The van der Waals surface area contributed by atoms with E-state index in [9.17, 15) is 17.6 Å². The first-order valence-corrected chi connectivity index (χ1v) is 8.34. The minimum Gasteiger partial charge on any atom is -0.398 e. The molecule has 0 spiro atoms. The zero-order valence-electron chi connectivity index (χ0n) is 14.0. The summed E-state index contributed by atoms with van der Waals surface area (Å²) in [6.07, 6.45) is -3.09. The van der Waals surface area contributed by atoms with Gasteiger partial charge in [0.25, 0.3) is 5.89 Å². The second-order valence-electron chi connectivity index (χ2n) is 6.05. The Kier molecular flexibility index (Phi) is 4.26. The molecule has 0 radical (unpaired) electrons. The minimum atomic E-state index is -4.58. The first kappa shape index (κ1) is 18.3. The predicted molar refractivity (Wildman–Crippen MR) is 95.2 cm³/mol. The van der Waals surface area contributed by atoms with E-state index in [-0.39, 0.29) is 34.4 Å². The SMILES string of the molecule is Nc1ccc2c(ccn2Cc2noc(-c3ccc(Cl)c(F)c3)n2)c1C(F)(F)F. The lowest BCUT2D eigenvalue weighted by atomic mass is 10.1. The van der Waals surface area contributed by atoms with Gasteiger partial charge in [0.1, 0.15) is 5.82 Å². The molecule has 0 saturated carbocycles. The summed E-state index contributed by atoms with van der Waals surface area (Å²) in [5.74, 6) is -0.344. The molecule has 0 aliphatic heterocycles. The number of hydrogen-bond acceptors (Lipinski definition) is 4. The molecule has 0 saturated heterocycles. The Labute approximate surface area is 160 Å². The van der Waals surface area contributed by atoms with E-state index in [0.29, 0.717) is 11.1 Å². The summed E-state index contributed by atoms with van der Waals surface area (Å²) in [6, 6.07) is 8.08. The van der Waals surface area contributed by atoms with Crippen LogP contribution >= 0.6 is 11.6 Å². The molecule has 0 atom stereocenters. The number of nitrogens with zero attached hydrogens (tertiary/aromatic N) is 3. The number of anilines is 1. The highest BCUT2D eigenvalue weighted by molar-refractivity contribution is 6.30. The molecule has 0 aliphatic rings. The topological polar surface area (TPSA) is 69.9 Å². The molecule has 4 rings (SSSR count). The minimum absolute atomic E-state index is 0.0176. The quantitative estimate of drug-likeness (QED) is 0.375. The maximum absolute atomic E-state index is 13.6. The van der Waals surface area contributed by atoms with Crippen LogP contribution in [0.25, 0.3) is 22.4 Å². The number of aromatic nitrogens is 3. The maximum atomic E-state index is 13.6. The summed E-state index contributed by atoms with van der Waals surface area (Å²) in [6.45, 7) is 0.0598. The van der Waals surface area contributed by atoms with E-state index in [1.54, 1.807) is 4.57 Å². The molecule has 0 fully saturated rings. The molecular weight excluding hydrogens is 400 g/mol. The van der Waals surface area contributed by atoms with Crippen molar-refractivity contribution >= 4 is 28.2 Å². The van der Waals surface area contributed by atoms with Crippen LogP contribution in [0, 0.1) is 5.82 Å². The van der Waals surface area contributed by atoms with Gasteiger partial charge in [-0.1, -0.05) is 16.8 Å². The van der Waals surface area contributed by atoms with E-state index < -0.39 is 17.6 Å². The van der Waals surface area contributed by atoms with E-state index in [2.05, 4.69) is 10.1 Å². The van der Waals surface area contributed by atoms with Crippen molar-refractivity contribution in [1.82, 2.24) is 14.7 Å². The molecule has 2 heterocycles. The number of benzene rings is 2. The number of fused-ring (bicyclic) bond motifs is 1. The summed E-state index contributed by atoms with van der Waals surface area (Å²) < 4.78 is 60.1. The van der Waals surface area contributed by atoms with Crippen molar-refractivity contribution in [2.45, 2.75) is 12.7 Å². The Hall–Kier alpha value is -3.07. The van der Waals surface area contributed by atoms with Gasteiger partial charge in [0, 0.05) is 28.4 Å². The molecule has 10 heteroatoms. The van der Waals surface area contributed by atoms with E-state index in [4.69, 9.17) is 21.9 Å². The Balaban J connectivity index is 1.68. The lowest BCUT2D eigenvalue weighted by Crippen LogP contribution is -2.09. The smallest absolute Gasteiger partial charge is 0.398 e. The zero-order chi connectivity index (χ0) is 20.1. The van der Waals surface area contributed by atoms with Gasteiger partial charge in [0.05, 0.1) is 17.1 Å². The number of alkyl halides is 3. The monoisotopic (exact) mass is 410 g/mol. The Morgan fingerprint density at radius 2 is 1.93 bits per heavy atom. The molecule has 5 nitrogen and oxygen atoms in total. The third-order valence-corrected chi connectivity index (χ3v) is 4.52. The molecule has 144 valence electrons. The molecule has 2 aromatic heterocycles. The summed E-state index contributed by atoms with van der Waals surface area (Å²) in [5, 5.41) is 3.75. The van der Waals surface area contributed by atoms with Gasteiger partial charge >= 0.3 is 6.18 Å². The van der Waals surface area contributed by atoms with Crippen molar-refractivity contribution in [2.24, 2.45) is 0 Å². The molecular formula is C18H11ClF4N4O. The first-order chi connectivity index (χ1) is 13.2. The highest BCUT2D eigenvalue weighted by Crippen LogP contribution is 2.39. The van der Waals surface area contributed by atoms with Crippen molar-refractivity contribution in [1.29, 1.82) is 0 Å². The van der Waals surface area contributed by atoms with Gasteiger partial charge in [-0.3, -0.25) is 0 Å². The van der Waals surface area contributed by atoms with Gasteiger partial charge in [0.2, 0.25) is 0 Å². The van der Waals surface area contributed by atoms with Gasteiger partial charge in [0.15, 0.2) is 5.82 Å². The van der Waals surface area contributed by atoms with Crippen LogP contribution in [-0.4, -0.2) is 14.7 Å². The van der Waals surface area contributed by atoms with E-state index in [0.717, 1.165) is 6.07 Å². The summed E-state index contributed by atoms with van der Waals surface area (Å²) in [5.41, 5.74) is 4.96. The summed E-state index contributed by atoms with van der Waals surface area (Å²) in [7, 11) is 0. The summed E-state index contributed by atoms with van der Waals surface area (Å²) in [4.78, 5) is 4.17. The highest BCUT2D eigenvalue weighted by Gasteiger charge is 2.35. The van der Waals surface area contributed by atoms with E-state index in [1.807, 2.05) is 0 Å². The molecule has 2 aromatic carbocycles. The third-order valence-electron chi connectivity index (χ3n) is 4.22. The fraction of sp³-hybridized carbons (Fsp3) is 0.111. The Bertz CT molecular complexity index is 1180. The predicted octanol–water partition coefficient (Wildman–Crippen LogP) is 5.13. The van der Waals surface area contributed by atoms with Crippen LogP contribution in [0.2, 0.25) is 5.02 Å². The molecule has 0 unspecified atom stereocenters. The lowest BCUT2D eigenvalue weighted by Gasteiger charge is -2.12. The van der Waals surface area contributed by atoms with Gasteiger partial charge in [-0.2, -0.15) is 18.2 Å². The van der Waals surface area contributed by atoms with Crippen molar-refractivity contribution in [3.8, 4) is 11.5 Å². The molecule has 0 amide bonds. The first-order valence-electron chi connectivity index (χ1n) is 7.96. The third kappa shape index (κ3) is 3.18. The average Bonchev–Trinajstić information content (AvgIpc) is 3.24. The summed E-state index contributed by atoms with van der Waals surface area (Å²) >= 11 is 5.65. The zero-order valence-corrected chi connectivity index (χ0v) is 14.7. The second-order valence-corrected chi connectivity index (χ2v) is 6.46. The second kappa shape index (κ2) is 6.52. The molecule has 4 aromatic rings. The molecule has 0 bridgehead atoms. The standard InChI is InChI=1S/C18H11ClF4N4O/c19-11-2-1-9(7-12(11)20)17-25-15(26-28-17)8-27-6-5-10-14(27)4-3-13(24)16(10)18(21,22)23/h1-7H,8,24H2. The van der Waals surface area contributed by atoms with Crippen molar-refractivity contribution in [3.05, 3.63) is 64.8 Å².